The van der Waals surface area contributed by atoms with Gasteiger partial charge in [0.15, 0.2) is 4.77 Å². The zero-order valence-electron chi connectivity index (χ0n) is 11.7. The van der Waals surface area contributed by atoms with Gasteiger partial charge in [0, 0.05) is 6.42 Å². The molecule has 0 saturated carbocycles. The number of aryl methyl sites for hydroxylation is 1. The Morgan fingerprint density at radius 1 is 1.20 bits per heavy atom. The van der Waals surface area contributed by atoms with E-state index in [2.05, 4.69) is 17.1 Å². The molecule has 3 nitrogen and oxygen atoms in total. The molecule has 0 bridgehead atoms. The zero-order valence-corrected chi connectivity index (χ0v) is 13.3. The van der Waals surface area contributed by atoms with Gasteiger partial charge < -0.3 is 0 Å². The number of aromatic amines is 1. The number of hydrogen-bond donors (Lipinski definition) is 1. The minimum absolute atomic E-state index is 0.599. The lowest BCUT2D eigenvalue weighted by atomic mass is 10.1. The molecule has 0 aliphatic heterocycles. The van der Waals surface area contributed by atoms with Gasteiger partial charge in [0.1, 0.15) is 5.82 Å². The number of nitrogens with zero attached hydrogens (tertiary/aromatic N) is 2. The zero-order chi connectivity index (χ0) is 14.4. The summed E-state index contributed by atoms with van der Waals surface area (Å²) in [5, 5.41) is 7.90. The lowest BCUT2D eigenvalue weighted by Crippen LogP contribution is -2.02. The lowest BCUT2D eigenvalue weighted by Gasteiger charge is -2.08. The number of H-pyrrole nitrogens is 1. The van der Waals surface area contributed by atoms with Gasteiger partial charge in [-0.1, -0.05) is 56.3 Å². The Hall–Kier alpha value is -1.13. The number of halogens is 1. The van der Waals surface area contributed by atoms with E-state index in [1.807, 2.05) is 28.8 Å². The molecule has 2 aromatic rings. The summed E-state index contributed by atoms with van der Waals surface area (Å²) in [4.78, 5) is 0. The molecule has 2 rings (SSSR count). The van der Waals surface area contributed by atoms with Gasteiger partial charge in [0.05, 0.1) is 10.7 Å². The molecule has 0 aliphatic carbocycles. The minimum atomic E-state index is 0.599. The third-order valence-electron chi connectivity index (χ3n) is 3.34. The molecule has 5 heteroatoms. The van der Waals surface area contributed by atoms with Gasteiger partial charge in [-0.2, -0.15) is 5.10 Å². The number of nitrogens with one attached hydrogen (secondary N) is 1. The molecule has 0 spiro atoms. The maximum absolute atomic E-state index is 6.25. The number of para-hydroxylation sites is 1. The van der Waals surface area contributed by atoms with Crippen LogP contribution in [0.4, 0.5) is 0 Å². The molecule has 1 aromatic carbocycles. The van der Waals surface area contributed by atoms with Crippen molar-refractivity contribution in [1.82, 2.24) is 14.8 Å². The Labute approximate surface area is 130 Å². The normalized spacial score (nSPS) is 10.9. The highest BCUT2D eigenvalue weighted by Crippen LogP contribution is 2.22. The summed E-state index contributed by atoms with van der Waals surface area (Å²) in [7, 11) is 0. The fraction of sp³-hybridized carbons (Fsp3) is 0.467. The van der Waals surface area contributed by atoms with E-state index in [-0.39, 0.29) is 0 Å². The lowest BCUT2D eigenvalue weighted by molar-refractivity contribution is 0.618. The largest absolute Gasteiger partial charge is 0.271 e. The first-order valence-corrected chi connectivity index (χ1v) is 7.94. The van der Waals surface area contributed by atoms with Gasteiger partial charge in [-0.05, 0) is 30.8 Å². The van der Waals surface area contributed by atoms with Gasteiger partial charge in [-0.3, -0.25) is 9.67 Å². The maximum atomic E-state index is 6.25. The Bertz CT molecular complexity index is 603. The van der Waals surface area contributed by atoms with Crippen LogP contribution in [-0.4, -0.2) is 14.8 Å². The summed E-state index contributed by atoms with van der Waals surface area (Å²) in [6.07, 6.45) is 7.13. The molecule has 0 radical (unpaired) electrons. The second-order valence-corrected chi connectivity index (χ2v) is 5.69. The number of benzene rings is 1. The van der Waals surface area contributed by atoms with Crippen LogP contribution in [0, 0.1) is 4.77 Å². The number of aromatic nitrogens is 3. The van der Waals surface area contributed by atoms with Crippen molar-refractivity contribution in [3.63, 3.8) is 0 Å². The molecule has 0 atom stereocenters. The molecule has 20 heavy (non-hydrogen) atoms. The second-order valence-electron chi connectivity index (χ2n) is 4.90. The van der Waals surface area contributed by atoms with E-state index >= 15 is 0 Å². The first kappa shape index (κ1) is 15.3. The Balaban J connectivity index is 2.12. The minimum Gasteiger partial charge on any atom is -0.271 e. The van der Waals surface area contributed by atoms with Crippen LogP contribution in [0.15, 0.2) is 24.3 Å². The molecular weight excluding hydrogens is 290 g/mol. The summed E-state index contributed by atoms with van der Waals surface area (Å²) < 4.78 is 2.54. The molecular formula is C15H20ClN3S. The predicted molar refractivity (Wildman–Crippen MR) is 86.2 cm³/mol. The van der Waals surface area contributed by atoms with Gasteiger partial charge in [0.25, 0.3) is 0 Å². The number of unbranched alkanes of at least 4 members (excludes halogenated alkanes) is 4. The molecule has 1 heterocycles. The molecule has 108 valence electrons. The van der Waals surface area contributed by atoms with E-state index in [1.165, 1.54) is 25.7 Å². The van der Waals surface area contributed by atoms with Crippen LogP contribution in [0.2, 0.25) is 5.02 Å². The molecule has 0 amide bonds. The van der Waals surface area contributed by atoms with Crippen LogP contribution in [0.3, 0.4) is 0 Å². The van der Waals surface area contributed by atoms with E-state index < -0.39 is 0 Å². The van der Waals surface area contributed by atoms with Crippen molar-refractivity contribution in [2.75, 3.05) is 0 Å². The molecule has 0 aliphatic rings. The third-order valence-corrected chi connectivity index (χ3v) is 3.93. The average Bonchev–Trinajstić information content (AvgIpc) is 2.80. The van der Waals surface area contributed by atoms with Gasteiger partial charge in [-0.25, -0.2) is 0 Å². The van der Waals surface area contributed by atoms with E-state index in [9.17, 15) is 0 Å². The van der Waals surface area contributed by atoms with Crippen molar-refractivity contribution >= 4 is 23.8 Å². The number of rotatable bonds is 7. The summed E-state index contributed by atoms with van der Waals surface area (Å²) in [6, 6.07) is 7.71. The van der Waals surface area contributed by atoms with E-state index in [1.54, 1.807) is 0 Å². The van der Waals surface area contributed by atoms with Crippen LogP contribution in [0.1, 0.15) is 44.9 Å². The molecule has 1 aromatic heterocycles. The first-order chi connectivity index (χ1) is 9.74. The monoisotopic (exact) mass is 309 g/mol. The van der Waals surface area contributed by atoms with Gasteiger partial charge in [0.2, 0.25) is 0 Å². The van der Waals surface area contributed by atoms with Gasteiger partial charge >= 0.3 is 0 Å². The van der Waals surface area contributed by atoms with Crippen molar-refractivity contribution in [2.45, 2.75) is 45.4 Å². The van der Waals surface area contributed by atoms with E-state index in [0.29, 0.717) is 9.79 Å². The highest BCUT2D eigenvalue weighted by Gasteiger charge is 2.10. The first-order valence-electron chi connectivity index (χ1n) is 7.15. The Kier molecular flexibility index (Phi) is 5.80. The van der Waals surface area contributed by atoms with Crippen LogP contribution >= 0.6 is 23.8 Å². The standard InChI is InChI=1S/C15H20ClN3S/c1-2-3-4-5-6-11-14-17-18-15(20)19(14)13-10-8-7-9-12(13)16/h7-10H,2-6,11H2,1H3,(H,18,20). The fourth-order valence-electron chi connectivity index (χ4n) is 2.27. The Morgan fingerprint density at radius 2 is 1.95 bits per heavy atom. The van der Waals surface area contributed by atoms with Crippen molar-refractivity contribution in [1.29, 1.82) is 0 Å². The Morgan fingerprint density at radius 3 is 2.70 bits per heavy atom. The van der Waals surface area contributed by atoms with Crippen LogP contribution in [0.25, 0.3) is 5.69 Å². The third kappa shape index (κ3) is 3.70. The fourth-order valence-corrected chi connectivity index (χ4v) is 2.74. The van der Waals surface area contributed by atoms with Crippen molar-refractivity contribution < 1.29 is 0 Å². The summed E-state index contributed by atoms with van der Waals surface area (Å²) in [5.74, 6) is 0.958. The maximum Gasteiger partial charge on any atom is 0.199 e. The smallest absolute Gasteiger partial charge is 0.199 e. The van der Waals surface area contributed by atoms with Gasteiger partial charge in [-0.15, -0.1) is 0 Å². The van der Waals surface area contributed by atoms with E-state index in [4.69, 9.17) is 23.8 Å². The quantitative estimate of drug-likeness (QED) is 0.570. The predicted octanol–water partition coefficient (Wildman–Crippen LogP) is 5.10. The second kappa shape index (κ2) is 7.60. The van der Waals surface area contributed by atoms with Crippen LogP contribution in [0.5, 0.6) is 0 Å². The topological polar surface area (TPSA) is 33.6 Å². The highest BCUT2D eigenvalue weighted by atomic mass is 35.5. The van der Waals surface area contributed by atoms with E-state index in [0.717, 1.165) is 24.4 Å². The van der Waals surface area contributed by atoms with Crippen LogP contribution in [-0.2, 0) is 6.42 Å². The van der Waals surface area contributed by atoms with Crippen LogP contribution < -0.4 is 0 Å². The molecule has 0 unspecified atom stereocenters. The highest BCUT2D eigenvalue weighted by molar-refractivity contribution is 7.71. The van der Waals surface area contributed by atoms with Crippen molar-refractivity contribution in [3.8, 4) is 5.69 Å². The molecule has 1 N–H and O–H groups in total. The molecule has 0 saturated heterocycles. The summed E-state index contributed by atoms with van der Waals surface area (Å²) in [5.41, 5.74) is 0.900. The average molecular weight is 310 g/mol. The summed E-state index contributed by atoms with van der Waals surface area (Å²) in [6.45, 7) is 2.22. The molecule has 0 fully saturated rings. The number of hydrogen-bond acceptors (Lipinski definition) is 2. The van der Waals surface area contributed by atoms with Crippen molar-refractivity contribution in [2.24, 2.45) is 0 Å². The van der Waals surface area contributed by atoms with Crippen molar-refractivity contribution in [3.05, 3.63) is 39.9 Å². The summed E-state index contributed by atoms with van der Waals surface area (Å²) >= 11 is 11.6. The SMILES string of the molecule is CCCCCCCc1n[nH]c(=S)n1-c1ccccc1Cl.